The third kappa shape index (κ3) is 6.42. The molecule has 0 saturated heterocycles. The summed E-state index contributed by atoms with van der Waals surface area (Å²) in [4.78, 5) is 33.9. The summed E-state index contributed by atoms with van der Waals surface area (Å²) in [5.74, 6) is -0.468. The number of ether oxygens (including phenoxy) is 1. The number of nitrogens with one attached hydrogen (secondary N) is 3. The van der Waals surface area contributed by atoms with Crippen molar-refractivity contribution in [3.05, 3.63) is 24.3 Å². The molecule has 7 nitrogen and oxygen atoms in total. The summed E-state index contributed by atoms with van der Waals surface area (Å²) in [6, 6.07) is 6.07. The van der Waals surface area contributed by atoms with Crippen LogP contribution in [0.15, 0.2) is 24.3 Å². The van der Waals surface area contributed by atoms with Gasteiger partial charge in [-0.1, -0.05) is 12.1 Å². The van der Waals surface area contributed by atoms with E-state index >= 15 is 0 Å². The topological polar surface area (TPSA) is 96.5 Å². The number of rotatable bonds is 5. The number of hydrogen-bond acceptors (Lipinski definition) is 4. The molecule has 7 heteroatoms. The lowest BCUT2D eigenvalue weighted by atomic mass is 10.3. The summed E-state index contributed by atoms with van der Waals surface area (Å²) < 4.78 is 5.30. The van der Waals surface area contributed by atoms with E-state index in [-0.39, 0.29) is 18.6 Å². The Morgan fingerprint density at radius 1 is 1.19 bits per heavy atom. The van der Waals surface area contributed by atoms with Crippen molar-refractivity contribution in [2.45, 2.75) is 26.8 Å². The molecule has 0 aliphatic carbocycles. The third-order valence-electron chi connectivity index (χ3n) is 2.23. The highest BCUT2D eigenvalue weighted by atomic mass is 16.5. The van der Waals surface area contributed by atoms with Crippen LogP contribution >= 0.6 is 0 Å². The summed E-state index contributed by atoms with van der Waals surface area (Å²) in [5.41, 5.74) is 0.462. The lowest BCUT2D eigenvalue weighted by Gasteiger charge is -2.12. The van der Waals surface area contributed by atoms with Gasteiger partial charge in [0.25, 0.3) is 5.91 Å². The monoisotopic (exact) mass is 293 g/mol. The van der Waals surface area contributed by atoms with E-state index in [1.54, 1.807) is 38.1 Å². The number of carbonyl (C=O) groups excluding carboxylic acids is 3. The summed E-state index contributed by atoms with van der Waals surface area (Å²) in [7, 11) is 0. The smallest absolute Gasteiger partial charge is 0.321 e. The molecule has 4 amide bonds. The second kappa shape index (κ2) is 7.88. The molecule has 0 fully saturated rings. The number of carbonyl (C=O) groups is 3. The fourth-order valence-electron chi connectivity index (χ4n) is 1.49. The number of anilines is 1. The molecular weight excluding hydrogens is 274 g/mol. The average molecular weight is 293 g/mol. The first-order valence-corrected chi connectivity index (χ1v) is 6.48. The molecule has 0 bridgehead atoms. The van der Waals surface area contributed by atoms with Crippen molar-refractivity contribution >= 4 is 23.5 Å². The zero-order valence-electron chi connectivity index (χ0n) is 12.2. The van der Waals surface area contributed by atoms with Gasteiger partial charge in [-0.25, -0.2) is 4.79 Å². The van der Waals surface area contributed by atoms with Crippen molar-refractivity contribution in [2.24, 2.45) is 0 Å². The van der Waals surface area contributed by atoms with Crippen LogP contribution in [0.3, 0.4) is 0 Å². The molecule has 0 atom stereocenters. The number of benzene rings is 1. The fourth-order valence-corrected chi connectivity index (χ4v) is 1.49. The molecule has 0 aliphatic rings. The van der Waals surface area contributed by atoms with E-state index in [0.29, 0.717) is 11.4 Å². The van der Waals surface area contributed by atoms with Crippen LogP contribution < -0.4 is 20.7 Å². The first kappa shape index (κ1) is 16.5. The Bertz CT molecular complexity index is 529. The van der Waals surface area contributed by atoms with Gasteiger partial charge in [0.05, 0.1) is 5.69 Å². The maximum atomic E-state index is 11.6. The molecule has 1 aromatic carbocycles. The van der Waals surface area contributed by atoms with Gasteiger partial charge in [-0.05, 0) is 26.0 Å². The van der Waals surface area contributed by atoms with E-state index in [1.807, 2.05) is 0 Å². The summed E-state index contributed by atoms with van der Waals surface area (Å²) in [5, 5.41) is 7.26. The van der Waals surface area contributed by atoms with Gasteiger partial charge in [0.2, 0.25) is 5.91 Å². The Hall–Kier alpha value is -2.57. The van der Waals surface area contributed by atoms with Crippen LogP contribution in [0, 0.1) is 0 Å². The van der Waals surface area contributed by atoms with Gasteiger partial charge < -0.3 is 15.4 Å². The molecule has 0 heterocycles. The van der Waals surface area contributed by atoms with Crippen molar-refractivity contribution in [1.29, 1.82) is 0 Å². The number of para-hydroxylation sites is 2. The minimum absolute atomic E-state index is 0.0702. The quantitative estimate of drug-likeness (QED) is 0.761. The summed E-state index contributed by atoms with van der Waals surface area (Å²) >= 11 is 0. The van der Waals surface area contributed by atoms with Gasteiger partial charge >= 0.3 is 6.03 Å². The van der Waals surface area contributed by atoms with Crippen LogP contribution in [0.1, 0.15) is 20.8 Å². The predicted octanol–water partition coefficient (Wildman–Crippen LogP) is 1.26. The van der Waals surface area contributed by atoms with E-state index in [0.717, 1.165) is 0 Å². The van der Waals surface area contributed by atoms with Crippen LogP contribution in [-0.2, 0) is 9.59 Å². The molecule has 0 aliphatic heterocycles. The van der Waals surface area contributed by atoms with E-state index in [1.165, 1.54) is 6.92 Å². The molecular formula is C14H19N3O4. The highest BCUT2D eigenvalue weighted by Crippen LogP contribution is 2.23. The minimum Gasteiger partial charge on any atom is -0.482 e. The third-order valence-corrected chi connectivity index (χ3v) is 2.23. The highest BCUT2D eigenvalue weighted by molar-refractivity contribution is 5.95. The van der Waals surface area contributed by atoms with Gasteiger partial charge in [0.1, 0.15) is 5.75 Å². The van der Waals surface area contributed by atoms with E-state index in [4.69, 9.17) is 4.74 Å². The van der Waals surface area contributed by atoms with Crippen LogP contribution in [0.5, 0.6) is 5.75 Å². The van der Waals surface area contributed by atoms with Gasteiger partial charge in [-0.15, -0.1) is 0 Å². The van der Waals surface area contributed by atoms with Crippen molar-refractivity contribution in [3.8, 4) is 5.75 Å². The van der Waals surface area contributed by atoms with Crippen molar-refractivity contribution in [3.63, 3.8) is 0 Å². The molecule has 3 N–H and O–H groups in total. The Morgan fingerprint density at radius 3 is 2.48 bits per heavy atom. The fraction of sp³-hybridized carbons (Fsp3) is 0.357. The molecule has 0 aromatic heterocycles. The molecule has 0 saturated carbocycles. The molecule has 1 aromatic rings. The number of amides is 4. The second-order valence-corrected chi connectivity index (χ2v) is 4.64. The van der Waals surface area contributed by atoms with E-state index in [2.05, 4.69) is 16.0 Å². The summed E-state index contributed by atoms with van der Waals surface area (Å²) in [6.45, 7) is 4.61. The lowest BCUT2D eigenvalue weighted by Crippen LogP contribution is -2.44. The maximum absolute atomic E-state index is 11.6. The Morgan fingerprint density at radius 2 is 1.86 bits per heavy atom. The van der Waals surface area contributed by atoms with Crippen molar-refractivity contribution < 1.29 is 19.1 Å². The predicted molar refractivity (Wildman–Crippen MR) is 78.1 cm³/mol. The summed E-state index contributed by atoms with van der Waals surface area (Å²) in [6.07, 6.45) is 0. The first-order chi connectivity index (χ1) is 9.88. The Balaban J connectivity index is 2.53. The zero-order valence-corrected chi connectivity index (χ0v) is 12.2. The number of hydrogen-bond donors (Lipinski definition) is 3. The molecule has 0 radical (unpaired) electrons. The van der Waals surface area contributed by atoms with Gasteiger partial charge in [0, 0.05) is 13.0 Å². The minimum atomic E-state index is -0.578. The molecule has 21 heavy (non-hydrogen) atoms. The largest absolute Gasteiger partial charge is 0.482 e. The lowest BCUT2D eigenvalue weighted by molar-refractivity contribution is -0.122. The number of urea groups is 1. The molecule has 1 rings (SSSR count). The second-order valence-electron chi connectivity index (χ2n) is 4.64. The normalized spacial score (nSPS) is 9.90. The molecule has 114 valence electrons. The average Bonchev–Trinajstić information content (AvgIpc) is 2.35. The Kier molecular flexibility index (Phi) is 6.19. The highest BCUT2D eigenvalue weighted by Gasteiger charge is 2.11. The first-order valence-electron chi connectivity index (χ1n) is 6.48. The van der Waals surface area contributed by atoms with E-state index < -0.39 is 11.9 Å². The van der Waals surface area contributed by atoms with E-state index in [9.17, 15) is 14.4 Å². The van der Waals surface area contributed by atoms with Crippen LogP contribution in [-0.4, -0.2) is 30.5 Å². The van der Waals surface area contributed by atoms with Gasteiger partial charge in [-0.3, -0.25) is 14.9 Å². The molecule has 0 spiro atoms. The van der Waals surface area contributed by atoms with Gasteiger partial charge in [-0.2, -0.15) is 0 Å². The van der Waals surface area contributed by atoms with Crippen molar-refractivity contribution in [2.75, 3.05) is 11.9 Å². The maximum Gasteiger partial charge on any atom is 0.321 e. The number of imide groups is 1. The Labute approximate surface area is 123 Å². The van der Waals surface area contributed by atoms with Crippen LogP contribution in [0.25, 0.3) is 0 Å². The van der Waals surface area contributed by atoms with Crippen molar-refractivity contribution in [1.82, 2.24) is 10.6 Å². The molecule has 0 unspecified atom stereocenters. The van der Waals surface area contributed by atoms with Gasteiger partial charge in [0.15, 0.2) is 6.61 Å². The van der Waals surface area contributed by atoms with Crippen LogP contribution in [0.2, 0.25) is 0 Å². The van der Waals surface area contributed by atoms with Crippen LogP contribution in [0.4, 0.5) is 10.5 Å². The standard InChI is InChI=1S/C14H19N3O4/c1-9(2)15-14(20)17-13(19)8-21-12-7-5-4-6-11(12)16-10(3)18/h4-7,9H,8H2,1-3H3,(H,16,18)(H2,15,17,19,20). The zero-order chi connectivity index (χ0) is 15.8. The SMILES string of the molecule is CC(=O)Nc1ccccc1OCC(=O)NC(=O)NC(C)C.